The molecule has 0 aromatic carbocycles. The zero-order chi connectivity index (χ0) is 15.6. The molecule has 21 heavy (non-hydrogen) atoms. The number of nitrogens with zero attached hydrogens (tertiary/aromatic N) is 2. The highest BCUT2D eigenvalue weighted by molar-refractivity contribution is 9.10. The van der Waals surface area contributed by atoms with Gasteiger partial charge in [-0.15, -0.1) is 0 Å². The van der Waals surface area contributed by atoms with Crippen LogP contribution in [0.1, 0.15) is 31.3 Å². The number of amides is 2. The van der Waals surface area contributed by atoms with Crippen LogP contribution in [-0.2, 0) is 4.74 Å². The van der Waals surface area contributed by atoms with Gasteiger partial charge < -0.3 is 15.0 Å². The molecule has 1 aliphatic rings. The Kier molecular flexibility index (Phi) is 4.51. The van der Waals surface area contributed by atoms with E-state index >= 15 is 0 Å². The van der Waals surface area contributed by atoms with Gasteiger partial charge in [-0.25, -0.2) is 4.79 Å². The van der Waals surface area contributed by atoms with Gasteiger partial charge in [0.2, 0.25) is 0 Å². The van der Waals surface area contributed by atoms with E-state index in [1.54, 1.807) is 23.2 Å². The smallest absolute Gasteiger partial charge is 0.410 e. The minimum atomic E-state index is -0.508. The SMILES string of the molecule is CC(C)(C)OC(=O)N1CC(NC(=O)c2cc(Br)ccn2)C1. The van der Waals surface area contributed by atoms with Gasteiger partial charge in [-0.2, -0.15) is 0 Å². The molecule has 0 radical (unpaired) electrons. The highest BCUT2D eigenvalue weighted by atomic mass is 79.9. The van der Waals surface area contributed by atoms with Crippen LogP contribution in [0.25, 0.3) is 0 Å². The summed E-state index contributed by atoms with van der Waals surface area (Å²) < 4.78 is 6.05. The van der Waals surface area contributed by atoms with Gasteiger partial charge in [-0.1, -0.05) is 15.9 Å². The summed E-state index contributed by atoms with van der Waals surface area (Å²) in [6.07, 6.45) is 1.21. The summed E-state index contributed by atoms with van der Waals surface area (Å²) in [5.41, 5.74) is -0.161. The Morgan fingerprint density at radius 2 is 2.10 bits per heavy atom. The lowest BCUT2D eigenvalue weighted by atomic mass is 10.1. The molecule has 2 rings (SSSR count). The largest absolute Gasteiger partial charge is 0.444 e. The van der Waals surface area contributed by atoms with Crippen LogP contribution in [-0.4, -0.2) is 46.6 Å². The highest BCUT2D eigenvalue weighted by Gasteiger charge is 2.34. The fourth-order valence-electron chi connectivity index (χ4n) is 1.83. The maximum atomic E-state index is 12.0. The molecule has 0 aliphatic carbocycles. The normalized spacial score (nSPS) is 15.3. The van der Waals surface area contributed by atoms with E-state index in [0.717, 1.165) is 4.47 Å². The molecule has 0 spiro atoms. The molecule has 6 nitrogen and oxygen atoms in total. The summed E-state index contributed by atoms with van der Waals surface area (Å²) in [6.45, 7) is 6.37. The number of hydrogen-bond donors (Lipinski definition) is 1. The number of nitrogens with one attached hydrogen (secondary N) is 1. The van der Waals surface area contributed by atoms with Gasteiger partial charge in [0, 0.05) is 23.8 Å². The first-order chi connectivity index (χ1) is 9.74. The molecule has 1 aromatic rings. The molecule has 1 aliphatic heterocycles. The first-order valence-electron chi connectivity index (χ1n) is 6.65. The van der Waals surface area contributed by atoms with E-state index in [4.69, 9.17) is 4.74 Å². The van der Waals surface area contributed by atoms with Crippen LogP contribution in [0, 0.1) is 0 Å². The quantitative estimate of drug-likeness (QED) is 0.882. The van der Waals surface area contributed by atoms with E-state index in [0.29, 0.717) is 18.8 Å². The maximum Gasteiger partial charge on any atom is 0.410 e. The summed E-state index contributed by atoms with van der Waals surface area (Å²) in [6, 6.07) is 3.34. The molecule has 2 heterocycles. The first kappa shape index (κ1) is 15.8. The number of carbonyl (C=O) groups is 2. The van der Waals surface area contributed by atoms with E-state index in [1.165, 1.54) is 0 Å². The molecular weight excluding hydrogens is 338 g/mol. The van der Waals surface area contributed by atoms with E-state index in [1.807, 2.05) is 20.8 Å². The highest BCUT2D eigenvalue weighted by Crippen LogP contribution is 2.16. The van der Waals surface area contributed by atoms with Crippen molar-refractivity contribution >= 4 is 27.9 Å². The van der Waals surface area contributed by atoms with Gasteiger partial charge in [-0.05, 0) is 32.9 Å². The number of rotatable bonds is 2. The van der Waals surface area contributed by atoms with Crippen molar-refractivity contribution in [2.75, 3.05) is 13.1 Å². The van der Waals surface area contributed by atoms with Crippen molar-refractivity contribution in [3.05, 3.63) is 28.5 Å². The molecule has 7 heteroatoms. The standard InChI is InChI=1S/C14H18BrN3O3/c1-14(2,3)21-13(20)18-7-10(8-18)17-12(19)11-6-9(15)4-5-16-11/h4-6,10H,7-8H2,1-3H3,(H,17,19). The van der Waals surface area contributed by atoms with Crippen LogP contribution < -0.4 is 5.32 Å². The second-order valence-corrected chi connectivity index (χ2v) is 6.83. The Morgan fingerprint density at radius 1 is 1.43 bits per heavy atom. The van der Waals surface area contributed by atoms with Crippen LogP contribution in [0.15, 0.2) is 22.8 Å². The van der Waals surface area contributed by atoms with Crippen molar-refractivity contribution in [2.45, 2.75) is 32.4 Å². The average molecular weight is 356 g/mol. The molecule has 1 fully saturated rings. The van der Waals surface area contributed by atoms with Crippen molar-refractivity contribution < 1.29 is 14.3 Å². The molecular formula is C14H18BrN3O3. The second-order valence-electron chi connectivity index (χ2n) is 5.92. The molecule has 1 aromatic heterocycles. The van der Waals surface area contributed by atoms with Crippen LogP contribution in [0.2, 0.25) is 0 Å². The Hall–Kier alpha value is -1.63. The van der Waals surface area contributed by atoms with E-state index in [2.05, 4.69) is 26.2 Å². The summed E-state index contributed by atoms with van der Waals surface area (Å²) in [7, 11) is 0. The first-order valence-corrected chi connectivity index (χ1v) is 7.44. The fraction of sp³-hybridized carbons (Fsp3) is 0.500. The summed E-state index contributed by atoms with van der Waals surface area (Å²) in [5, 5.41) is 2.84. The minimum Gasteiger partial charge on any atom is -0.444 e. The van der Waals surface area contributed by atoms with Crippen LogP contribution in [0.3, 0.4) is 0 Å². The number of likely N-dealkylation sites (tertiary alicyclic amines) is 1. The number of aromatic nitrogens is 1. The van der Waals surface area contributed by atoms with Gasteiger partial charge in [0.25, 0.3) is 5.91 Å². The van der Waals surface area contributed by atoms with Crippen molar-refractivity contribution in [1.29, 1.82) is 0 Å². The molecule has 1 saturated heterocycles. The fourth-order valence-corrected chi connectivity index (χ4v) is 2.17. The summed E-state index contributed by atoms with van der Waals surface area (Å²) >= 11 is 3.29. The lowest BCUT2D eigenvalue weighted by molar-refractivity contribution is 0.00531. The monoisotopic (exact) mass is 355 g/mol. The lowest BCUT2D eigenvalue weighted by Crippen LogP contribution is -2.61. The predicted octanol–water partition coefficient (Wildman–Crippen LogP) is 2.19. The third kappa shape index (κ3) is 4.42. The Labute approximate surface area is 132 Å². The number of carbonyl (C=O) groups excluding carboxylic acids is 2. The van der Waals surface area contributed by atoms with Gasteiger partial charge in [0.15, 0.2) is 0 Å². The van der Waals surface area contributed by atoms with Crippen LogP contribution in [0.5, 0.6) is 0 Å². The Morgan fingerprint density at radius 3 is 2.67 bits per heavy atom. The lowest BCUT2D eigenvalue weighted by Gasteiger charge is -2.39. The van der Waals surface area contributed by atoms with Crippen molar-refractivity contribution in [1.82, 2.24) is 15.2 Å². The minimum absolute atomic E-state index is 0.0641. The van der Waals surface area contributed by atoms with Crippen molar-refractivity contribution in [3.8, 4) is 0 Å². The zero-order valence-corrected chi connectivity index (χ0v) is 13.8. The predicted molar refractivity (Wildman–Crippen MR) is 81.0 cm³/mol. The van der Waals surface area contributed by atoms with Crippen molar-refractivity contribution in [2.24, 2.45) is 0 Å². The van der Waals surface area contributed by atoms with Gasteiger partial charge in [0.1, 0.15) is 11.3 Å². The molecule has 0 unspecified atom stereocenters. The number of ether oxygens (including phenoxy) is 1. The molecule has 114 valence electrons. The number of halogens is 1. The Bertz CT molecular complexity index is 551. The van der Waals surface area contributed by atoms with Crippen molar-refractivity contribution in [3.63, 3.8) is 0 Å². The molecule has 0 bridgehead atoms. The molecule has 0 saturated carbocycles. The van der Waals surface area contributed by atoms with Crippen LogP contribution >= 0.6 is 15.9 Å². The van der Waals surface area contributed by atoms with E-state index in [-0.39, 0.29) is 18.0 Å². The summed E-state index contributed by atoms with van der Waals surface area (Å²) in [5.74, 6) is -0.245. The third-order valence-corrected chi connectivity index (χ3v) is 3.32. The topological polar surface area (TPSA) is 71.5 Å². The van der Waals surface area contributed by atoms with E-state index in [9.17, 15) is 9.59 Å². The molecule has 1 N–H and O–H groups in total. The van der Waals surface area contributed by atoms with Crippen LogP contribution in [0.4, 0.5) is 4.79 Å². The Balaban J connectivity index is 1.80. The molecule has 2 amide bonds. The summed E-state index contributed by atoms with van der Waals surface area (Å²) in [4.78, 5) is 29.3. The second kappa shape index (κ2) is 6.01. The number of pyridine rings is 1. The third-order valence-electron chi connectivity index (χ3n) is 2.82. The van der Waals surface area contributed by atoms with Gasteiger partial charge in [-0.3, -0.25) is 9.78 Å². The maximum absolute atomic E-state index is 12.0. The van der Waals surface area contributed by atoms with Gasteiger partial charge >= 0.3 is 6.09 Å². The average Bonchev–Trinajstić information content (AvgIpc) is 2.30. The molecule has 0 atom stereocenters. The van der Waals surface area contributed by atoms with E-state index < -0.39 is 5.60 Å². The van der Waals surface area contributed by atoms with Gasteiger partial charge in [0.05, 0.1) is 6.04 Å². The number of hydrogen-bond acceptors (Lipinski definition) is 4. The zero-order valence-electron chi connectivity index (χ0n) is 12.2.